The van der Waals surface area contributed by atoms with Crippen LogP contribution >= 0.6 is 11.6 Å². The Balaban J connectivity index is 2.25. The molecule has 0 radical (unpaired) electrons. The summed E-state index contributed by atoms with van der Waals surface area (Å²) in [6, 6.07) is 4.33. The van der Waals surface area contributed by atoms with E-state index in [-0.39, 0.29) is 40.5 Å². The molecular weight excluding hydrogens is 297 g/mol. The third kappa shape index (κ3) is 2.25. The minimum Gasteiger partial charge on any atom is -0.383 e. The van der Waals surface area contributed by atoms with Crippen molar-refractivity contribution < 1.29 is 9.18 Å². The second-order valence-electron chi connectivity index (χ2n) is 4.67. The number of nitrogens with zero attached hydrogens (tertiary/aromatic N) is 2. The molecule has 3 rings (SSSR count). The standard InChI is InChI=1S/C13H11ClFN5O/c14-6-2-1-3-7(15)9(6)5-4-8(21)18-12-10(5)11(16)19-13(17)20-12/h1-3,5H,4H2,(H5,16,17,18,19,20,21)/t5-/m1/s1. The molecule has 0 saturated heterocycles. The maximum absolute atomic E-state index is 14.1. The number of hydrogen-bond acceptors (Lipinski definition) is 5. The van der Waals surface area contributed by atoms with Crippen molar-refractivity contribution in [3.05, 3.63) is 40.2 Å². The Morgan fingerprint density at radius 3 is 2.76 bits per heavy atom. The zero-order valence-electron chi connectivity index (χ0n) is 10.7. The summed E-state index contributed by atoms with van der Waals surface area (Å²) in [5.41, 5.74) is 12.0. The summed E-state index contributed by atoms with van der Waals surface area (Å²) < 4.78 is 14.1. The van der Waals surface area contributed by atoms with Crippen LogP contribution < -0.4 is 16.8 Å². The molecule has 5 N–H and O–H groups in total. The van der Waals surface area contributed by atoms with Crippen LogP contribution in [0.5, 0.6) is 0 Å². The summed E-state index contributed by atoms with van der Waals surface area (Å²) in [6.45, 7) is 0. The number of nitrogens with one attached hydrogen (secondary N) is 1. The van der Waals surface area contributed by atoms with Crippen LogP contribution in [0.1, 0.15) is 23.5 Å². The van der Waals surface area contributed by atoms with Crippen LogP contribution in [0, 0.1) is 5.82 Å². The first-order valence-electron chi connectivity index (χ1n) is 6.14. The van der Waals surface area contributed by atoms with Crippen LogP contribution in [0.25, 0.3) is 0 Å². The van der Waals surface area contributed by atoms with E-state index in [0.717, 1.165) is 0 Å². The van der Waals surface area contributed by atoms with Crippen LogP contribution in [0.2, 0.25) is 5.02 Å². The molecule has 0 unspecified atom stereocenters. The van der Waals surface area contributed by atoms with Gasteiger partial charge in [-0.1, -0.05) is 17.7 Å². The maximum Gasteiger partial charge on any atom is 0.226 e. The van der Waals surface area contributed by atoms with Gasteiger partial charge in [-0.2, -0.15) is 9.97 Å². The fourth-order valence-corrected chi connectivity index (χ4v) is 2.80. The molecule has 6 nitrogen and oxygen atoms in total. The van der Waals surface area contributed by atoms with Crippen molar-refractivity contribution >= 4 is 35.1 Å². The smallest absolute Gasteiger partial charge is 0.226 e. The van der Waals surface area contributed by atoms with Crippen molar-refractivity contribution in [2.24, 2.45) is 0 Å². The predicted octanol–water partition coefficient (Wildman–Crippen LogP) is 1.91. The number of hydrogen-bond donors (Lipinski definition) is 3. The van der Waals surface area contributed by atoms with Gasteiger partial charge >= 0.3 is 0 Å². The maximum atomic E-state index is 14.1. The van der Waals surface area contributed by atoms with Gasteiger partial charge in [0, 0.05) is 28.5 Å². The molecule has 1 atom stereocenters. The largest absolute Gasteiger partial charge is 0.383 e. The van der Waals surface area contributed by atoms with E-state index in [1.54, 1.807) is 6.07 Å². The molecule has 0 bridgehead atoms. The number of halogens is 2. The van der Waals surface area contributed by atoms with Gasteiger partial charge in [-0.15, -0.1) is 0 Å². The van der Waals surface area contributed by atoms with Crippen molar-refractivity contribution in [2.45, 2.75) is 12.3 Å². The molecule has 8 heteroatoms. The quantitative estimate of drug-likeness (QED) is 0.746. The van der Waals surface area contributed by atoms with Gasteiger partial charge in [0.2, 0.25) is 11.9 Å². The molecule has 2 heterocycles. The van der Waals surface area contributed by atoms with Crippen LogP contribution in [0.4, 0.5) is 22.0 Å². The number of fused-ring (bicyclic) bond motifs is 1. The van der Waals surface area contributed by atoms with E-state index in [4.69, 9.17) is 23.1 Å². The van der Waals surface area contributed by atoms with Crippen molar-refractivity contribution in [1.82, 2.24) is 9.97 Å². The Morgan fingerprint density at radius 2 is 2.05 bits per heavy atom. The second kappa shape index (κ2) is 4.85. The molecule has 1 aromatic heterocycles. The molecule has 0 saturated carbocycles. The molecule has 2 aromatic rings. The molecule has 1 aliphatic rings. The van der Waals surface area contributed by atoms with Crippen molar-refractivity contribution in [3.8, 4) is 0 Å². The average molecular weight is 308 g/mol. The van der Waals surface area contributed by atoms with E-state index < -0.39 is 11.7 Å². The summed E-state index contributed by atoms with van der Waals surface area (Å²) in [6.07, 6.45) is 0.00509. The normalized spacial score (nSPS) is 17.2. The summed E-state index contributed by atoms with van der Waals surface area (Å²) >= 11 is 6.08. The van der Waals surface area contributed by atoms with Gasteiger partial charge in [-0.3, -0.25) is 4.79 Å². The molecule has 0 aliphatic carbocycles. The number of nitrogens with two attached hydrogens (primary N) is 2. The van der Waals surface area contributed by atoms with Crippen molar-refractivity contribution in [2.75, 3.05) is 16.8 Å². The Hall–Kier alpha value is -2.41. The zero-order chi connectivity index (χ0) is 15.1. The number of aromatic nitrogens is 2. The first-order chi connectivity index (χ1) is 9.97. The fourth-order valence-electron chi connectivity index (χ4n) is 2.50. The summed E-state index contributed by atoms with van der Waals surface area (Å²) in [4.78, 5) is 19.7. The van der Waals surface area contributed by atoms with Crippen molar-refractivity contribution in [1.29, 1.82) is 0 Å². The summed E-state index contributed by atoms with van der Waals surface area (Å²) in [5, 5.41) is 2.78. The molecule has 1 amide bonds. The Bertz CT molecular complexity index is 731. The first kappa shape index (κ1) is 13.6. The Labute approximate surface area is 124 Å². The molecular formula is C13H11ClFN5O. The van der Waals surface area contributed by atoms with Gasteiger partial charge in [0.1, 0.15) is 17.5 Å². The van der Waals surface area contributed by atoms with Gasteiger partial charge in [0.25, 0.3) is 0 Å². The van der Waals surface area contributed by atoms with Gasteiger partial charge in [-0.05, 0) is 12.1 Å². The number of rotatable bonds is 1. The third-order valence-corrected chi connectivity index (χ3v) is 3.67. The minimum atomic E-state index is -0.650. The minimum absolute atomic E-state index is 0.00509. The van der Waals surface area contributed by atoms with Crippen LogP contribution in [0.15, 0.2) is 18.2 Å². The number of carbonyl (C=O) groups excluding carboxylic acids is 1. The second-order valence-corrected chi connectivity index (χ2v) is 5.08. The van der Waals surface area contributed by atoms with Crippen LogP contribution in [0.3, 0.4) is 0 Å². The Kier molecular flexibility index (Phi) is 3.13. The number of carbonyl (C=O) groups is 1. The molecule has 21 heavy (non-hydrogen) atoms. The first-order valence-corrected chi connectivity index (χ1v) is 6.51. The van der Waals surface area contributed by atoms with E-state index >= 15 is 0 Å². The highest BCUT2D eigenvalue weighted by Crippen LogP contribution is 2.42. The highest BCUT2D eigenvalue weighted by atomic mass is 35.5. The number of amides is 1. The van der Waals surface area contributed by atoms with E-state index in [1.165, 1.54) is 12.1 Å². The van der Waals surface area contributed by atoms with Gasteiger partial charge in [0.15, 0.2) is 0 Å². The van der Waals surface area contributed by atoms with Gasteiger partial charge < -0.3 is 16.8 Å². The lowest BCUT2D eigenvalue weighted by Gasteiger charge is -2.26. The SMILES string of the molecule is Nc1nc(N)c2c(n1)NC(=O)C[C@@H]2c1c(F)cccc1Cl. The molecule has 1 aliphatic heterocycles. The highest BCUT2D eigenvalue weighted by Gasteiger charge is 2.33. The lowest BCUT2D eigenvalue weighted by molar-refractivity contribution is -0.116. The highest BCUT2D eigenvalue weighted by molar-refractivity contribution is 6.31. The third-order valence-electron chi connectivity index (χ3n) is 3.34. The lowest BCUT2D eigenvalue weighted by Crippen LogP contribution is -2.27. The molecule has 0 fully saturated rings. The number of anilines is 3. The van der Waals surface area contributed by atoms with Crippen molar-refractivity contribution in [3.63, 3.8) is 0 Å². The van der Waals surface area contributed by atoms with E-state index in [0.29, 0.717) is 5.56 Å². The summed E-state index contributed by atoms with van der Waals surface area (Å²) in [7, 11) is 0. The Morgan fingerprint density at radius 1 is 1.29 bits per heavy atom. The molecule has 108 valence electrons. The molecule has 0 spiro atoms. The van der Waals surface area contributed by atoms with Crippen LogP contribution in [-0.4, -0.2) is 15.9 Å². The van der Waals surface area contributed by atoms with E-state index in [1.807, 2.05) is 0 Å². The average Bonchev–Trinajstić information content (AvgIpc) is 2.36. The topological polar surface area (TPSA) is 107 Å². The van der Waals surface area contributed by atoms with Gasteiger partial charge in [0.05, 0.1) is 0 Å². The number of nitrogen functional groups attached to an aromatic ring is 2. The van der Waals surface area contributed by atoms with Crippen LogP contribution in [-0.2, 0) is 4.79 Å². The lowest BCUT2D eigenvalue weighted by atomic mass is 9.86. The van der Waals surface area contributed by atoms with E-state index in [2.05, 4.69) is 15.3 Å². The van der Waals surface area contributed by atoms with E-state index in [9.17, 15) is 9.18 Å². The zero-order valence-corrected chi connectivity index (χ0v) is 11.5. The summed E-state index contributed by atoms with van der Waals surface area (Å²) in [5.74, 6) is -1.24. The monoisotopic (exact) mass is 307 g/mol. The predicted molar refractivity (Wildman–Crippen MR) is 77.4 cm³/mol. The van der Waals surface area contributed by atoms with Gasteiger partial charge in [-0.25, -0.2) is 4.39 Å². The number of benzene rings is 1. The fraction of sp³-hybridized carbons (Fsp3) is 0.154. The molecule has 1 aromatic carbocycles.